The van der Waals surface area contributed by atoms with Crippen LogP contribution in [0.2, 0.25) is 0 Å². The molecule has 84 valence electrons. The van der Waals surface area contributed by atoms with Gasteiger partial charge >= 0.3 is 0 Å². The normalized spacial score (nSPS) is 19.6. The molecule has 15 heavy (non-hydrogen) atoms. The van der Waals surface area contributed by atoms with Crippen LogP contribution in [0.4, 0.5) is 0 Å². The summed E-state index contributed by atoms with van der Waals surface area (Å²) < 4.78 is 0. The van der Waals surface area contributed by atoms with Crippen LogP contribution in [0, 0.1) is 0 Å². The first kappa shape index (κ1) is 10.5. The molecule has 0 saturated heterocycles. The van der Waals surface area contributed by atoms with Gasteiger partial charge in [0.1, 0.15) is 0 Å². The van der Waals surface area contributed by atoms with Crippen molar-refractivity contribution in [3.8, 4) is 0 Å². The maximum atomic E-state index is 10.1. The lowest BCUT2D eigenvalue weighted by atomic mass is 10.0. The second-order valence-corrected chi connectivity index (χ2v) is 4.23. The summed E-state index contributed by atoms with van der Waals surface area (Å²) >= 11 is 0. The van der Waals surface area contributed by atoms with Crippen LogP contribution < -0.4 is 5.32 Å². The topological polar surface area (TPSA) is 75.9 Å². The highest BCUT2D eigenvalue weighted by molar-refractivity contribution is 4.87. The first-order valence-electron chi connectivity index (χ1n) is 5.34. The second kappa shape index (κ2) is 4.24. The second-order valence-electron chi connectivity index (χ2n) is 4.23. The van der Waals surface area contributed by atoms with Crippen molar-refractivity contribution >= 4 is 0 Å². The highest BCUT2D eigenvalue weighted by Crippen LogP contribution is 2.28. The standard InChI is InChI=1S/C9H17N5O/c1-14-12-8(11-13-14)6-10-7-9(15)4-2-3-5-9/h10,15H,2-7H2,1H3. The number of aliphatic hydroxyl groups is 1. The first-order chi connectivity index (χ1) is 7.18. The Balaban J connectivity index is 1.75. The van der Waals surface area contributed by atoms with Gasteiger partial charge in [-0.2, -0.15) is 4.80 Å². The van der Waals surface area contributed by atoms with Gasteiger partial charge in [0.05, 0.1) is 19.2 Å². The molecule has 0 atom stereocenters. The predicted molar refractivity (Wildman–Crippen MR) is 53.9 cm³/mol. The van der Waals surface area contributed by atoms with Gasteiger partial charge in [0.25, 0.3) is 0 Å². The third-order valence-corrected chi connectivity index (χ3v) is 2.82. The van der Waals surface area contributed by atoms with Gasteiger partial charge in [-0.3, -0.25) is 0 Å². The van der Waals surface area contributed by atoms with Crippen molar-refractivity contribution in [2.45, 2.75) is 37.8 Å². The fourth-order valence-corrected chi connectivity index (χ4v) is 2.01. The molecule has 0 unspecified atom stereocenters. The fraction of sp³-hybridized carbons (Fsp3) is 0.889. The average molecular weight is 211 g/mol. The lowest BCUT2D eigenvalue weighted by Gasteiger charge is -2.21. The maximum Gasteiger partial charge on any atom is 0.188 e. The van der Waals surface area contributed by atoms with Gasteiger partial charge in [-0.15, -0.1) is 10.2 Å². The van der Waals surface area contributed by atoms with Crippen LogP contribution in [0.5, 0.6) is 0 Å². The third-order valence-electron chi connectivity index (χ3n) is 2.82. The van der Waals surface area contributed by atoms with Crippen LogP contribution in [0.1, 0.15) is 31.5 Å². The Morgan fingerprint density at radius 3 is 2.80 bits per heavy atom. The summed E-state index contributed by atoms with van der Waals surface area (Å²) in [7, 11) is 1.74. The molecule has 0 bridgehead atoms. The zero-order chi connectivity index (χ0) is 10.7. The number of hydrogen-bond acceptors (Lipinski definition) is 5. The molecule has 0 amide bonds. The van der Waals surface area contributed by atoms with Crippen molar-refractivity contribution in [2.75, 3.05) is 6.54 Å². The Bertz CT molecular complexity index is 318. The molecule has 0 spiro atoms. The summed E-state index contributed by atoms with van der Waals surface area (Å²) in [4.78, 5) is 1.43. The van der Waals surface area contributed by atoms with E-state index < -0.39 is 5.60 Å². The minimum absolute atomic E-state index is 0.512. The minimum atomic E-state index is -0.512. The molecule has 6 nitrogen and oxygen atoms in total. The zero-order valence-corrected chi connectivity index (χ0v) is 8.98. The van der Waals surface area contributed by atoms with E-state index in [2.05, 4.69) is 20.7 Å². The molecule has 1 saturated carbocycles. The summed E-state index contributed by atoms with van der Waals surface area (Å²) in [6, 6.07) is 0. The van der Waals surface area contributed by atoms with Gasteiger partial charge in [-0.25, -0.2) is 0 Å². The summed E-state index contributed by atoms with van der Waals surface area (Å²) in [6.45, 7) is 1.18. The lowest BCUT2D eigenvalue weighted by molar-refractivity contribution is 0.0473. The third kappa shape index (κ3) is 2.73. The summed E-state index contributed by atoms with van der Waals surface area (Å²) in [6.07, 6.45) is 4.05. The van der Waals surface area contributed by atoms with Gasteiger partial charge in [0.2, 0.25) is 0 Å². The number of tetrazole rings is 1. The molecule has 1 aromatic heterocycles. The highest BCUT2D eigenvalue weighted by Gasteiger charge is 2.30. The van der Waals surface area contributed by atoms with Crippen molar-refractivity contribution in [1.82, 2.24) is 25.5 Å². The molecule has 1 aromatic rings. The molecule has 2 N–H and O–H groups in total. The zero-order valence-electron chi connectivity index (χ0n) is 8.98. The molecule has 6 heteroatoms. The van der Waals surface area contributed by atoms with E-state index >= 15 is 0 Å². The Morgan fingerprint density at radius 1 is 1.47 bits per heavy atom. The van der Waals surface area contributed by atoms with Crippen LogP contribution >= 0.6 is 0 Å². The Labute approximate surface area is 88.7 Å². The quantitative estimate of drug-likeness (QED) is 0.709. The number of nitrogens with one attached hydrogen (secondary N) is 1. The molecule has 1 aliphatic rings. The highest BCUT2D eigenvalue weighted by atomic mass is 16.3. The van der Waals surface area contributed by atoms with Crippen LogP contribution in [-0.2, 0) is 13.6 Å². The molecule has 2 rings (SSSR count). The summed E-state index contributed by atoms with van der Waals surface area (Å²) in [5.74, 6) is 0.666. The van der Waals surface area contributed by atoms with Gasteiger partial charge in [-0.1, -0.05) is 12.8 Å². The molecule has 1 aliphatic carbocycles. The Kier molecular flexibility index (Phi) is 2.97. The lowest BCUT2D eigenvalue weighted by Crippen LogP contribution is -2.37. The predicted octanol–water partition coefficient (Wildman–Crippen LogP) is -0.395. The average Bonchev–Trinajstić information content (AvgIpc) is 2.76. The van der Waals surface area contributed by atoms with Crippen LogP contribution in [-0.4, -0.2) is 37.5 Å². The monoisotopic (exact) mass is 211 g/mol. The van der Waals surface area contributed by atoms with Crippen molar-refractivity contribution < 1.29 is 5.11 Å². The first-order valence-corrected chi connectivity index (χ1v) is 5.34. The van der Waals surface area contributed by atoms with Gasteiger partial charge in [-0.05, 0) is 18.1 Å². The Hall–Kier alpha value is -1.01. The van der Waals surface area contributed by atoms with Gasteiger partial charge in [0.15, 0.2) is 5.82 Å². The van der Waals surface area contributed by atoms with Gasteiger partial charge in [0, 0.05) is 6.54 Å². The number of aryl methyl sites for hydroxylation is 1. The number of nitrogens with zero attached hydrogens (tertiary/aromatic N) is 4. The van der Waals surface area contributed by atoms with Gasteiger partial charge < -0.3 is 10.4 Å². The van der Waals surface area contributed by atoms with Crippen LogP contribution in [0.25, 0.3) is 0 Å². The fourth-order valence-electron chi connectivity index (χ4n) is 2.01. The largest absolute Gasteiger partial charge is 0.389 e. The Morgan fingerprint density at radius 2 is 2.20 bits per heavy atom. The van der Waals surface area contributed by atoms with E-state index in [1.54, 1.807) is 7.05 Å². The number of aromatic nitrogens is 4. The van der Waals surface area contributed by atoms with E-state index in [0.717, 1.165) is 25.7 Å². The van der Waals surface area contributed by atoms with Crippen molar-refractivity contribution in [1.29, 1.82) is 0 Å². The van der Waals surface area contributed by atoms with Crippen LogP contribution in [0.3, 0.4) is 0 Å². The summed E-state index contributed by atoms with van der Waals surface area (Å²) in [5, 5.41) is 24.9. The van der Waals surface area contributed by atoms with E-state index in [0.29, 0.717) is 18.9 Å². The van der Waals surface area contributed by atoms with E-state index in [4.69, 9.17) is 0 Å². The SMILES string of the molecule is Cn1nnc(CNCC2(O)CCCC2)n1. The number of hydrogen-bond donors (Lipinski definition) is 2. The van der Waals surface area contributed by atoms with E-state index in [9.17, 15) is 5.11 Å². The van der Waals surface area contributed by atoms with E-state index in [-0.39, 0.29) is 0 Å². The van der Waals surface area contributed by atoms with Crippen LogP contribution in [0.15, 0.2) is 0 Å². The summed E-state index contributed by atoms with van der Waals surface area (Å²) in [5.41, 5.74) is -0.512. The molecule has 1 heterocycles. The van der Waals surface area contributed by atoms with E-state index in [1.807, 2.05) is 0 Å². The molecule has 0 aliphatic heterocycles. The molecule has 0 radical (unpaired) electrons. The van der Waals surface area contributed by atoms with Crippen molar-refractivity contribution in [3.05, 3.63) is 5.82 Å². The maximum absolute atomic E-state index is 10.1. The van der Waals surface area contributed by atoms with Crippen molar-refractivity contribution in [2.24, 2.45) is 7.05 Å². The van der Waals surface area contributed by atoms with E-state index in [1.165, 1.54) is 4.80 Å². The smallest absolute Gasteiger partial charge is 0.188 e. The molecule has 0 aromatic carbocycles. The number of rotatable bonds is 4. The molecular weight excluding hydrogens is 194 g/mol. The molecular formula is C9H17N5O. The minimum Gasteiger partial charge on any atom is -0.389 e. The molecule has 1 fully saturated rings. The van der Waals surface area contributed by atoms with Crippen molar-refractivity contribution in [3.63, 3.8) is 0 Å².